The topological polar surface area (TPSA) is 38.3 Å². The van der Waals surface area contributed by atoms with E-state index in [4.69, 9.17) is 4.74 Å². The van der Waals surface area contributed by atoms with Gasteiger partial charge in [0.05, 0.1) is 12.7 Å². The number of carbonyl (C=O) groups is 1. The van der Waals surface area contributed by atoms with Gasteiger partial charge in [0.1, 0.15) is 0 Å². The third-order valence-corrected chi connectivity index (χ3v) is 2.42. The van der Waals surface area contributed by atoms with Crippen LogP contribution in [0.15, 0.2) is 11.1 Å². The summed E-state index contributed by atoms with van der Waals surface area (Å²) in [4.78, 5) is 11.4. The van der Waals surface area contributed by atoms with Gasteiger partial charge in [-0.2, -0.15) is 0 Å². The van der Waals surface area contributed by atoms with Crippen LogP contribution < -0.4 is 5.32 Å². The molecule has 0 bridgehead atoms. The average Bonchev–Trinajstić information content (AvgIpc) is 2.16. The second kappa shape index (κ2) is 5.15. The van der Waals surface area contributed by atoms with Crippen molar-refractivity contribution in [1.29, 1.82) is 0 Å². The number of rotatable bonds is 3. The fraction of sp³-hybridized carbons (Fsp3) is 0.727. The Balaban J connectivity index is 2.79. The minimum atomic E-state index is -0.173. The van der Waals surface area contributed by atoms with Gasteiger partial charge in [0.15, 0.2) is 0 Å². The summed E-state index contributed by atoms with van der Waals surface area (Å²) in [7, 11) is 1.44. The first-order chi connectivity index (χ1) is 6.65. The summed E-state index contributed by atoms with van der Waals surface area (Å²) < 4.78 is 4.76. The van der Waals surface area contributed by atoms with Crippen molar-refractivity contribution in [3.8, 4) is 0 Å². The maximum absolute atomic E-state index is 11.4. The maximum atomic E-state index is 11.4. The molecule has 0 unspecified atom stereocenters. The SMILES string of the molecule is COC(=O)C1=C(CC(C)C)CCNC1. The lowest BCUT2D eigenvalue weighted by molar-refractivity contribution is -0.136. The Morgan fingerprint density at radius 1 is 1.57 bits per heavy atom. The highest BCUT2D eigenvalue weighted by molar-refractivity contribution is 5.90. The molecule has 1 aliphatic heterocycles. The highest BCUT2D eigenvalue weighted by Gasteiger charge is 2.19. The van der Waals surface area contributed by atoms with Crippen LogP contribution in [0.1, 0.15) is 26.7 Å². The Hall–Kier alpha value is -0.830. The van der Waals surface area contributed by atoms with Gasteiger partial charge in [-0.1, -0.05) is 19.4 Å². The molecule has 0 atom stereocenters. The molecule has 0 aromatic heterocycles. The van der Waals surface area contributed by atoms with E-state index in [0.29, 0.717) is 12.5 Å². The highest BCUT2D eigenvalue weighted by atomic mass is 16.5. The van der Waals surface area contributed by atoms with Crippen LogP contribution in [0, 0.1) is 5.92 Å². The van der Waals surface area contributed by atoms with E-state index >= 15 is 0 Å². The largest absolute Gasteiger partial charge is 0.466 e. The fourth-order valence-corrected chi connectivity index (χ4v) is 1.79. The predicted octanol–water partition coefficient (Wildman–Crippen LogP) is 1.50. The number of carbonyl (C=O) groups excluding carboxylic acids is 1. The van der Waals surface area contributed by atoms with Crippen LogP contribution in [0.4, 0.5) is 0 Å². The van der Waals surface area contributed by atoms with Crippen LogP contribution in [0.25, 0.3) is 0 Å². The molecule has 1 N–H and O–H groups in total. The van der Waals surface area contributed by atoms with Crippen LogP contribution in [0.2, 0.25) is 0 Å². The Bertz CT molecular complexity index is 244. The number of ether oxygens (including phenoxy) is 1. The zero-order valence-electron chi connectivity index (χ0n) is 9.22. The first-order valence-electron chi connectivity index (χ1n) is 5.15. The van der Waals surface area contributed by atoms with E-state index in [1.807, 2.05) is 0 Å². The number of nitrogens with one attached hydrogen (secondary N) is 1. The standard InChI is InChI=1S/C11H19NO2/c1-8(2)6-9-4-5-12-7-10(9)11(13)14-3/h8,12H,4-7H2,1-3H3. The molecule has 0 amide bonds. The highest BCUT2D eigenvalue weighted by Crippen LogP contribution is 2.21. The molecule has 0 radical (unpaired) electrons. The van der Waals surface area contributed by atoms with Crippen LogP contribution in [0.5, 0.6) is 0 Å². The van der Waals surface area contributed by atoms with Gasteiger partial charge in [-0.3, -0.25) is 0 Å². The fourth-order valence-electron chi connectivity index (χ4n) is 1.79. The van der Waals surface area contributed by atoms with Crippen molar-refractivity contribution in [2.75, 3.05) is 20.2 Å². The minimum Gasteiger partial charge on any atom is -0.466 e. The Morgan fingerprint density at radius 2 is 2.29 bits per heavy atom. The molecule has 3 nitrogen and oxygen atoms in total. The van der Waals surface area contributed by atoms with Crippen LogP contribution in [-0.2, 0) is 9.53 Å². The molecule has 0 saturated carbocycles. The van der Waals surface area contributed by atoms with Gasteiger partial charge in [-0.15, -0.1) is 0 Å². The van der Waals surface area contributed by atoms with E-state index in [-0.39, 0.29) is 5.97 Å². The second-order valence-corrected chi connectivity index (χ2v) is 4.10. The monoisotopic (exact) mass is 197 g/mol. The lowest BCUT2D eigenvalue weighted by Crippen LogP contribution is -2.29. The van der Waals surface area contributed by atoms with Crippen LogP contribution >= 0.6 is 0 Å². The number of hydrogen-bond donors (Lipinski definition) is 1. The van der Waals surface area contributed by atoms with Gasteiger partial charge in [0, 0.05) is 6.54 Å². The molecule has 0 aliphatic carbocycles. The van der Waals surface area contributed by atoms with Crippen molar-refractivity contribution in [2.45, 2.75) is 26.7 Å². The molecule has 1 heterocycles. The van der Waals surface area contributed by atoms with Gasteiger partial charge >= 0.3 is 5.97 Å². The van der Waals surface area contributed by atoms with Gasteiger partial charge in [-0.25, -0.2) is 4.79 Å². The number of esters is 1. The second-order valence-electron chi connectivity index (χ2n) is 4.10. The maximum Gasteiger partial charge on any atom is 0.334 e. The zero-order chi connectivity index (χ0) is 10.6. The molecule has 1 rings (SSSR count). The van der Waals surface area contributed by atoms with E-state index in [1.165, 1.54) is 12.7 Å². The van der Waals surface area contributed by atoms with Crippen LogP contribution in [-0.4, -0.2) is 26.2 Å². The van der Waals surface area contributed by atoms with Crippen LogP contribution in [0.3, 0.4) is 0 Å². The Kier molecular flexibility index (Phi) is 4.14. The van der Waals surface area contributed by atoms with Crippen molar-refractivity contribution in [3.63, 3.8) is 0 Å². The molecular formula is C11H19NO2. The molecule has 0 aromatic rings. The van der Waals surface area contributed by atoms with E-state index in [1.54, 1.807) is 0 Å². The van der Waals surface area contributed by atoms with Gasteiger partial charge < -0.3 is 10.1 Å². The van der Waals surface area contributed by atoms with Gasteiger partial charge in [0.25, 0.3) is 0 Å². The normalized spacial score (nSPS) is 17.4. The summed E-state index contributed by atoms with van der Waals surface area (Å²) in [5.41, 5.74) is 2.11. The third-order valence-electron chi connectivity index (χ3n) is 2.42. The van der Waals surface area contributed by atoms with Crippen molar-refractivity contribution in [2.24, 2.45) is 5.92 Å². The smallest absolute Gasteiger partial charge is 0.334 e. The summed E-state index contributed by atoms with van der Waals surface area (Å²) >= 11 is 0. The summed E-state index contributed by atoms with van der Waals surface area (Å²) in [5.74, 6) is 0.426. The minimum absolute atomic E-state index is 0.173. The number of hydrogen-bond acceptors (Lipinski definition) is 3. The molecule has 0 fully saturated rings. The lowest BCUT2D eigenvalue weighted by Gasteiger charge is -2.21. The first-order valence-corrected chi connectivity index (χ1v) is 5.15. The zero-order valence-corrected chi connectivity index (χ0v) is 9.22. The quantitative estimate of drug-likeness (QED) is 0.697. The molecule has 0 aromatic carbocycles. The molecule has 0 saturated heterocycles. The molecule has 3 heteroatoms. The van der Waals surface area contributed by atoms with E-state index < -0.39 is 0 Å². The van der Waals surface area contributed by atoms with Crippen molar-refractivity contribution >= 4 is 5.97 Å². The van der Waals surface area contributed by atoms with E-state index in [0.717, 1.165) is 25.0 Å². The Labute approximate surface area is 85.5 Å². The van der Waals surface area contributed by atoms with Crippen molar-refractivity contribution in [1.82, 2.24) is 5.32 Å². The summed E-state index contributed by atoms with van der Waals surface area (Å²) in [6.45, 7) is 5.98. The molecule has 14 heavy (non-hydrogen) atoms. The van der Waals surface area contributed by atoms with Crippen molar-refractivity contribution in [3.05, 3.63) is 11.1 Å². The predicted molar refractivity (Wildman–Crippen MR) is 56.0 cm³/mol. The molecule has 80 valence electrons. The average molecular weight is 197 g/mol. The summed E-state index contributed by atoms with van der Waals surface area (Å²) in [6.07, 6.45) is 1.98. The third kappa shape index (κ3) is 2.84. The molecule has 1 aliphatic rings. The van der Waals surface area contributed by atoms with Gasteiger partial charge in [0.2, 0.25) is 0 Å². The van der Waals surface area contributed by atoms with Gasteiger partial charge in [-0.05, 0) is 25.3 Å². The number of methoxy groups -OCH3 is 1. The van der Waals surface area contributed by atoms with E-state index in [2.05, 4.69) is 19.2 Å². The molecule has 0 spiro atoms. The molecular weight excluding hydrogens is 178 g/mol. The summed E-state index contributed by atoms with van der Waals surface area (Å²) in [6, 6.07) is 0. The Morgan fingerprint density at radius 3 is 2.86 bits per heavy atom. The lowest BCUT2D eigenvalue weighted by atomic mass is 9.93. The van der Waals surface area contributed by atoms with Crippen molar-refractivity contribution < 1.29 is 9.53 Å². The first kappa shape index (κ1) is 11.2. The summed E-state index contributed by atoms with van der Waals surface area (Å²) in [5, 5.41) is 3.19. The van der Waals surface area contributed by atoms with E-state index in [9.17, 15) is 4.79 Å².